The van der Waals surface area contributed by atoms with Crippen molar-refractivity contribution < 1.29 is 34.8 Å². The van der Waals surface area contributed by atoms with Crippen molar-refractivity contribution in [2.45, 2.75) is 36.7 Å². The van der Waals surface area contributed by atoms with E-state index in [1.807, 2.05) is 26.8 Å². The standard InChI is InChI=1S/C30H28F3N3O5S2/c1-20-7-11-28(12-8-20)43(40,41)36(26-16-21(2)15-22(3)17-26)19-29(37)34-24-9-13-27(14-10-24)42(38,39)35-25-6-4-5-23(18-25)30(31,32)33/h4-18,35H,19H2,1-3H3,(H,34,37). The summed E-state index contributed by atoms with van der Waals surface area (Å²) in [7, 11) is -8.40. The van der Waals surface area contributed by atoms with E-state index in [9.17, 15) is 34.8 Å². The zero-order valence-electron chi connectivity index (χ0n) is 23.3. The summed E-state index contributed by atoms with van der Waals surface area (Å²) >= 11 is 0. The van der Waals surface area contributed by atoms with Gasteiger partial charge in [0.2, 0.25) is 5.91 Å². The molecule has 0 saturated carbocycles. The van der Waals surface area contributed by atoms with E-state index in [-0.39, 0.29) is 21.2 Å². The Balaban J connectivity index is 1.54. The first-order valence-corrected chi connectivity index (χ1v) is 15.7. The summed E-state index contributed by atoms with van der Waals surface area (Å²) in [6.45, 7) is 4.87. The monoisotopic (exact) mass is 631 g/mol. The second-order valence-electron chi connectivity index (χ2n) is 9.93. The Morgan fingerprint density at radius 3 is 1.88 bits per heavy atom. The van der Waals surface area contributed by atoms with Crippen molar-refractivity contribution in [1.29, 1.82) is 0 Å². The van der Waals surface area contributed by atoms with Crippen LogP contribution in [0.15, 0.2) is 101 Å². The maximum absolute atomic E-state index is 13.6. The van der Waals surface area contributed by atoms with E-state index < -0.39 is 44.2 Å². The first-order valence-electron chi connectivity index (χ1n) is 12.8. The van der Waals surface area contributed by atoms with Gasteiger partial charge in [0.15, 0.2) is 0 Å². The second kappa shape index (κ2) is 12.1. The Kier molecular flexibility index (Phi) is 8.88. The zero-order chi connectivity index (χ0) is 31.6. The smallest absolute Gasteiger partial charge is 0.325 e. The van der Waals surface area contributed by atoms with Crippen molar-refractivity contribution in [2.75, 3.05) is 20.9 Å². The van der Waals surface area contributed by atoms with Gasteiger partial charge in [-0.3, -0.25) is 13.8 Å². The van der Waals surface area contributed by atoms with Crippen LogP contribution in [-0.2, 0) is 31.0 Å². The van der Waals surface area contributed by atoms with Crippen LogP contribution in [0.1, 0.15) is 22.3 Å². The molecule has 0 bridgehead atoms. The summed E-state index contributed by atoms with van der Waals surface area (Å²) in [5.74, 6) is -0.687. The number of alkyl halides is 3. The predicted octanol–water partition coefficient (Wildman–Crippen LogP) is 6.27. The van der Waals surface area contributed by atoms with Gasteiger partial charge in [0.25, 0.3) is 20.0 Å². The highest BCUT2D eigenvalue weighted by Crippen LogP contribution is 2.31. The molecule has 0 atom stereocenters. The minimum atomic E-state index is -4.64. The van der Waals surface area contributed by atoms with Gasteiger partial charge in [0, 0.05) is 11.4 Å². The third kappa shape index (κ3) is 7.73. The molecule has 0 aliphatic rings. The molecule has 226 valence electrons. The number of carbonyl (C=O) groups excluding carboxylic acids is 1. The lowest BCUT2D eigenvalue weighted by molar-refractivity contribution is -0.137. The number of anilines is 3. The number of hydrogen-bond donors (Lipinski definition) is 2. The summed E-state index contributed by atoms with van der Waals surface area (Å²) in [6, 6.07) is 20.1. The zero-order valence-corrected chi connectivity index (χ0v) is 24.9. The summed E-state index contributed by atoms with van der Waals surface area (Å²) in [4.78, 5) is 12.8. The summed E-state index contributed by atoms with van der Waals surface area (Å²) in [6.07, 6.45) is -4.64. The van der Waals surface area contributed by atoms with Crippen LogP contribution in [0.3, 0.4) is 0 Å². The number of halogens is 3. The number of nitrogens with one attached hydrogen (secondary N) is 2. The lowest BCUT2D eigenvalue weighted by Gasteiger charge is -2.25. The number of rotatable bonds is 9. The van der Waals surface area contributed by atoms with Crippen molar-refractivity contribution >= 4 is 43.0 Å². The van der Waals surface area contributed by atoms with Crippen LogP contribution < -0.4 is 14.3 Å². The number of carbonyl (C=O) groups is 1. The van der Waals surface area contributed by atoms with Gasteiger partial charge in [-0.15, -0.1) is 0 Å². The minimum Gasteiger partial charge on any atom is -0.325 e. The van der Waals surface area contributed by atoms with Crippen LogP contribution in [0.4, 0.5) is 30.2 Å². The predicted molar refractivity (Wildman–Crippen MR) is 159 cm³/mol. The average molecular weight is 632 g/mol. The molecule has 43 heavy (non-hydrogen) atoms. The summed E-state index contributed by atoms with van der Waals surface area (Å²) < 4.78 is 94.9. The Bertz CT molecular complexity index is 1840. The Morgan fingerprint density at radius 2 is 1.30 bits per heavy atom. The molecule has 0 fully saturated rings. The van der Waals surface area contributed by atoms with Gasteiger partial charge in [-0.2, -0.15) is 13.2 Å². The molecule has 4 aromatic rings. The highest BCUT2D eigenvalue weighted by Gasteiger charge is 2.31. The number of amides is 1. The van der Waals surface area contributed by atoms with Gasteiger partial charge in [-0.1, -0.05) is 29.8 Å². The molecule has 0 aliphatic carbocycles. The molecular formula is C30H28F3N3O5S2. The number of nitrogens with zero attached hydrogens (tertiary/aromatic N) is 1. The maximum atomic E-state index is 13.6. The molecule has 0 aliphatic heterocycles. The van der Waals surface area contributed by atoms with Gasteiger partial charge in [-0.05, 0) is 98.6 Å². The molecule has 0 unspecified atom stereocenters. The molecule has 1 amide bonds. The van der Waals surface area contributed by atoms with Gasteiger partial charge < -0.3 is 5.32 Å². The SMILES string of the molecule is Cc1ccc(S(=O)(=O)N(CC(=O)Nc2ccc(S(=O)(=O)Nc3cccc(C(F)(F)F)c3)cc2)c2cc(C)cc(C)c2)cc1. The van der Waals surface area contributed by atoms with Crippen LogP contribution in [0.25, 0.3) is 0 Å². The molecule has 0 heterocycles. The summed E-state index contributed by atoms with van der Waals surface area (Å²) in [5.41, 5.74) is 1.67. The molecule has 0 aromatic heterocycles. The van der Waals surface area contributed by atoms with E-state index in [0.717, 1.165) is 45.3 Å². The largest absolute Gasteiger partial charge is 0.416 e. The van der Waals surface area contributed by atoms with Crippen molar-refractivity contribution in [3.05, 3.63) is 113 Å². The van der Waals surface area contributed by atoms with E-state index in [0.29, 0.717) is 11.8 Å². The first-order chi connectivity index (χ1) is 20.0. The third-order valence-corrected chi connectivity index (χ3v) is 9.47. The molecule has 0 radical (unpaired) electrons. The van der Waals surface area contributed by atoms with E-state index in [4.69, 9.17) is 0 Å². The van der Waals surface area contributed by atoms with Crippen molar-refractivity contribution in [2.24, 2.45) is 0 Å². The molecule has 4 aromatic carbocycles. The highest BCUT2D eigenvalue weighted by atomic mass is 32.2. The fourth-order valence-electron chi connectivity index (χ4n) is 4.27. The molecule has 8 nitrogen and oxygen atoms in total. The quantitative estimate of drug-likeness (QED) is 0.226. The number of sulfonamides is 2. The fourth-order valence-corrected chi connectivity index (χ4v) is 6.72. The lowest BCUT2D eigenvalue weighted by atomic mass is 10.1. The highest BCUT2D eigenvalue weighted by molar-refractivity contribution is 7.93. The number of aryl methyl sites for hydroxylation is 3. The fraction of sp³-hybridized carbons (Fsp3) is 0.167. The van der Waals surface area contributed by atoms with Crippen molar-refractivity contribution in [1.82, 2.24) is 0 Å². The Morgan fingerprint density at radius 1 is 0.721 bits per heavy atom. The van der Waals surface area contributed by atoms with Gasteiger partial charge in [0.1, 0.15) is 6.54 Å². The summed E-state index contributed by atoms with van der Waals surface area (Å²) in [5, 5.41) is 2.57. The van der Waals surface area contributed by atoms with E-state index in [2.05, 4.69) is 10.0 Å². The third-order valence-electron chi connectivity index (χ3n) is 6.28. The molecule has 2 N–H and O–H groups in total. The van der Waals surface area contributed by atoms with Crippen LogP contribution in [0.5, 0.6) is 0 Å². The average Bonchev–Trinajstić information content (AvgIpc) is 2.91. The minimum absolute atomic E-state index is 0.00730. The van der Waals surface area contributed by atoms with Gasteiger partial charge in [0.05, 0.1) is 21.0 Å². The Labute approximate surface area is 248 Å². The first kappa shape index (κ1) is 31.6. The topological polar surface area (TPSA) is 113 Å². The molecule has 4 rings (SSSR count). The molecule has 0 spiro atoms. The normalized spacial score (nSPS) is 12.0. The van der Waals surface area contributed by atoms with E-state index in [1.54, 1.807) is 24.3 Å². The molecule has 13 heteroatoms. The van der Waals surface area contributed by atoms with E-state index >= 15 is 0 Å². The van der Waals surface area contributed by atoms with Crippen LogP contribution in [0.2, 0.25) is 0 Å². The van der Waals surface area contributed by atoms with Crippen molar-refractivity contribution in [3.8, 4) is 0 Å². The lowest BCUT2D eigenvalue weighted by Crippen LogP contribution is -2.38. The molecular weight excluding hydrogens is 603 g/mol. The Hall–Kier alpha value is -4.36. The van der Waals surface area contributed by atoms with Gasteiger partial charge in [-0.25, -0.2) is 16.8 Å². The van der Waals surface area contributed by atoms with Crippen molar-refractivity contribution in [3.63, 3.8) is 0 Å². The van der Waals surface area contributed by atoms with Crippen LogP contribution >= 0.6 is 0 Å². The van der Waals surface area contributed by atoms with E-state index in [1.165, 1.54) is 30.3 Å². The van der Waals surface area contributed by atoms with Crippen LogP contribution in [-0.4, -0.2) is 29.3 Å². The van der Waals surface area contributed by atoms with Crippen LogP contribution in [0, 0.1) is 20.8 Å². The second-order valence-corrected chi connectivity index (χ2v) is 13.5. The number of benzene rings is 4. The maximum Gasteiger partial charge on any atom is 0.416 e. The number of hydrogen-bond acceptors (Lipinski definition) is 5. The van der Waals surface area contributed by atoms with Gasteiger partial charge >= 0.3 is 6.18 Å². The molecule has 0 saturated heterocycles.